The van der Waals surface area contributed by atoms with Crippen molar-refractivity contribution in [2.45, 2.75) is 0 Å². The van der Waals surface area contributed by atoms with Gasteiger partial charge in [0.05, 0.1) is 0 Å². The van der Waals surface area contributed by atoms with E-state index >= 15 is 0 Å². The molecule has 0 unspecified atom stereocenters. The van der Waals surface area contributed by atoms with Crippen molar-refractivity contribution in [3.8, 4) is 0 Å². The number of H-pyrrole nitrogens is 1. The van der Waals surface area contributed by atoms with E-state index in [0.717, 1.165) is 0 Å². The number of benzene rings is 1. The molecule has 1 aromatic carbocycles. The molecule has 0 aliphatic carbocycles. The van der Waals surface area contributed by atoms with E-state index in [2.05, 4.69) is 47.0 Å². The number of para-hydroxylation sites is 1. The van der Waals surface area contributed by atoms with Gasteiger partial charge in [-0.2, -0.15) is 0 Å². The molecule has 0 saturated carbocycles. The van der Waals surface area contributed by atoms with Crippen LogP contribution in [0.4, 0.5) is 0 Å². The van der Waals surface area contributed by atoms with Crippen molar-refractivity contribution in [3.63, 3.8) is 0 Å². The molecule has 0 amide bonds. The Balaban J connectivity index is 2.88. The van der Waals surface area contributed by atoms with Crippen LogP contribution in [-0.2, 0) is 0 Å². The monoisotopic (exact) mass is 123 g/mol. The molecule has 0 fully saturated rings. The van der Waals surface area contributed by atoms with Gasteiger partial charge in [-0.05, 0) is 0 Å². The second kappa shape index (κ2) is 2.19. The molecule has 2 rings (SSSR count). The fourth-order valence-electron chi connectivity index (χ4n) is 1.22. The molecule has 0 bridgehead atoms. The van der Waals surface area contributed by atoms with Crippen LogP contribution < -0.4 is 4.37 Å². The minimum atomic E-state index is 1.22. The maximum absolute atomic E-state index is 3.26. The average molecular weight is 123 g/mol. The first-order valence-corrected chi connectivity index (χ1v) is 3.40. The zero-order valence-corrected chi connectivity index (χ0v) is 5.89. The molecule has 0 saturated heterocycles. The number of aromatic amines is 1. The van der Waals surface area contributed by atoms with Gasteiger partial charge in [-0.3, -0.25) is 0 Å². The number of nitrogens with one attached hydrogen (secondary N) is 1. The van der Waals surface area contributed by atoms with Crippen molar-refractivity contribution in [3.05, 3.63) is 30.3 Å². The number of hydrogen-bond acceptors (Lipinski definition) is 0. The Morgan fingerprint density at radius 1 is 1.20 bits per heavy atom. The van der Waals surface area contributed by atoms with Gasteiger partial charge in [-0.1, -0.05) is 0 Å². The van der Waals surface area contributed by atoms with Gasteiger partial charge in [-0.15, -0.1) is 0 Å². The van der Waals surface area contributed by atoms with Gasteiger partial charge in [-0.25, -0.2) is 0 Å². The summed E-state index contributed by atoms with van der Waals surface area (Å²) in [4.78, 5) is 3.26. The topological polar surface area (TPSA) is 15.8 Å². The van der Waals surface area contributed by atoms with Gasteiger partial charge >= 0.3 is 68.3 Å². The molecule has 2 heteroatoms. The molecule has 10 heavy (non-hydrogen) atoms. The minimum absolute atomic E-state index is 1.22. The predicted octanol–water partition coefficient (Wildman–Crippen LogP) is 0.962. The Hall–Kier alpha value is -0.643. The first-order chi connectivity index (χ1) is 4.86. The molecule has 0 radical (unpaired) electrons. The molecule has 0 aliphatic heterocycles. The van der Waals surface area contributed by atoms with Crippen LogP contribution in [0.5, 0.6) is 0 Å². The summed E-state index contributed by atoms with van der Waals surface area (Å²) in [5.74, 6) is 0. The second-order valence-corrected chi connectivity index (χ2v) is 2.54. The van der Waals surface area contributed by atoms with E-state index in [9.17, 15) is 0 Å². The molecular formula is C8H6LiN. The van der Waals surface area contributed by atoms with Crippen molar-refractivity contribution in [1.82, 2.24) is 4.98 Å². The summed E-state index contributed by atoms with van der Waals surface area (Å²) in [6, 6.07) is 10.4. The summed E-state index contributed by atoms with van der Waals surface area (Å²) in [7, 11) is 0. The van der Waals surface area contributed by atoms with Crippen LogP contribution >= 0.6 is 0 Å². The van der Waals surface area contributed by atoms with E-state index in [4.69, 9.17) is 0 Å². The van der Waals surface area contributed by atoms with Crippen molar-refractivity contribution >= 4 is 33.0 Å². The number of fused-ring (bicyclic) bond motifs is 1. The van der Waals surface area contributed by atoms with E-state index < -0.39 is 0 Å². The predicted molar refractivity (Wildman–Crippen MR) is 43.7 cm³/mol. The van der Waals surface area contributed by atoms with Gasteiger partial charge in [0, 0.05) is 0 Å². The van der Waals surface area contributed by atoms with Crippen LogP contribution in [0, 0.1) is 0 Å². The zero-order chi connectivity index (χ0) is 6.97. The third kappa shape index (κ3) is 0.882. The van der Waals surface area contributed by atoms with Crippen molar-refractivity contribution < 1.29 is 0 Å². The van der Waals surface area contributed by atoms with E-state index in [0.29, 0.717) is 0 Å². The maximum atomic E-state index is 3.26. The molecule has 1 N–H and O–H groups in total. The quantitative estimate of drug-likeness (QED) is 0.502. The summed E-state index contributed by atoms with van der Waals surface area (Å²) < 4.78 is 1.22. The van der Waals surface area contributed by atoms with Crippen LogP contribution in [0.2, 0.25) is 0 Å². The van der Waals surface area contributed by atoms with Crippen LogP contribution in [0.1, 0.15) is 0 Å². The van der Waals surface area contributed by atoms with Gasteiger partial charge < -0.3 is 0 Å². The summed E-state index contributed by atoms with van der Waals surface area (Å²) >= 11 is 2.07. The van der Waals surface area contributed by atoms with Gasteiger partial charge in [0.15, 0.2) is 0 Å². The standard InChI is InChI=1S/C8H6N.Li/c1-2-4-8-7(3-1)5-6-9-8;/h1-5,9H;. The molecule has 0 atom stereocenters. The SMILES string of the molecule is [Li][c]1cc2ccccc2[nH]1. The molecule has 1 heterocycles. The van der Waals surface area contributed by atoms with Crippen LogP contribution in [0.3, 0.4) is 0 Å². The molecule has 2 aromatic rings. The third-order valence-electron chi connectivity index (χ3n) is 1.66. The third-order valence-corrected chi connectivity index (χ3v) is 1.66. The Morgan fingerprint density at radius 2 is 2.00 bits per heavy atom. The van der Waals surface area contributed by atoms with Gasteiger partial charge in [0.2, 0.25) is 0 Å². The van der Waals surface area contributed by atoms with E-state index in [1.807, 2.05) is 6.07 Å². The summed E-state index contributed by atoms with van der Waals surface area (Å²) in [5.41, 5.74) is 1.22. The van der Waals surface area contributed by atoms with Crippen LogP contribution in [0.25, 0.3) is 10.9 Å². The Labute approximate surface area is 68.6 Å². The summed E-state index contributed by atoms with van der Waals surface area (Å²) in [6.07, 6.45) is 0. The molecule has 0 aliphatic rings. The van der Waals surface area contributed by atoms with Crippen LogP contribution in [-0.4, -0.2) is 22.7 Å². The first kappa shape index (κ1) is 6.09. The summed E-state index contributed by atoms with van der Waals surface area (Å²) in [5, 5.41) is 1.29. The Morgan fingerprint density at radius 3 is 2.80 bits per heavy atom. The summed E-state index contributed by atoms with van der Waals surface area (Å²) in [6.45, 7) is 0. The van der Waals surface area contributed by atoms with Gasteiger partial charge in [0.25, 0.3) is 0 Å². The Kier molecular flexibility index (Phi) is 1.34. The fraction of sp³-hybridized carbons (Fsp3) is 0. The second-order valence-electron chi connectivity index (χ2n) is 2.54. The van der Waals surface area contributed by atoms with Crippen molar-refractivity contribution in [1.29, 1.82) is 0 Å². The van der Waals surface area contributed by atoms with E-state index in [1.165, 1.54) is 15.3 Å². The number of rotatable bonds is 0. The fourth-order valence-corrected chi connectivity index (χ4v) is 1.22. The molecule has 0 spiro atoms. The van der Waals surface area contributed by atoms with Crippen molar-refractivity contribution in [2.75, 3.05) is 0 Å². The number of aromatic nitrogens is 1. The molecular weight excluding hydrogens is 117 g/mol. The van der Waals surface area contributed by atoms with E-state index in [1.54, 1.807) is 0 Å². The zero-order valence-electron chi connectivity index (χ0n) is 5.89. The number of hydrogen-bond donors (Lipinski definition) is 1. The van der Waals surface area contributed by atoms with Crippen LogP contribution in [0.15, 0.2) is 30.3 Å². The molecule has 44 valence electrons. The van der Waals surface area contributed by atoms with Crippen molar-refractivity contribution in [2.24, 2.45) is 0 Å². The first-order valence-electron chi connectivity index (χ1n) is 3.40. The Bertz CT molecular complexity index is 318. The van der Waals surface area contributed by atoms with E-state index in [-0.39, 0.29) is 0 Å². The molecule has 1 aromatic heterocycles. The van der Waals surface area contributed by atoms with Gasteiger partial charge in [0.1, 0.15) is 0 Å². The average Bonchev–Trinajstić information content (AvgIpc) is 2.27. The normalized spacial score (nSPS) is 10.6. The molecule has 1 nitrogen and oxygen atoms in total.